The largest absolute Gasteiger partial charge is 0.501 e. The van der Waals surface area contributed by atoms with E-state index in [1.165, 1.54) is 61.5 Å². The van der Waals surface area contributed by atoms with Gasteiger partial charge in [-0.05, 0) is 133 Å². The highest BCUT2D eigenvalue weighted by molar-refractivity contribution is 7.82. The van der Waals surface area contributed by atoms with Crippen LogP contribution in [0.5, 0.6) is 17.2 Å². The Hall–Kier alpha value is -7.61. The number of hydrogen-bond donors (Lipinski definition) is 9. The zero-order valence-corrected chi connectivity index (χ0v) is 63.9. The van der Waals surface area contributed by atoms with E-state index in [2.05, 4.69) is 48.9 Å². The number of piperidine rings is 1. The Kier molecular flexibility index (Phi) is 36.9. The maximum absolute atomic E-state index is 15.0. The molecule has 0 radical (unpaired) electrons. The fourth-order valence-electron chi connectivity index (χ4n) is 11.9. The number of carboxylic acids is 1. The van der Waals surface area contributed by atoms with E-state index in [1.54, 1.807) is 0 Å². The lowest BCUT2D eigenvalue weighted by atomic mass is 9.80. The van der Waals surface area contributed by atoms with Crippen molar-refractivity contribution < 1.29 is 114 Å². The van der Waals surface area contributed by atoms with Crippen LogP contribution in [0.4, 0.5) is 5.82 Å². The Morgan fingerprint density at radius 2 is 1.55 bits per heavy atom. The minimum Gasteiger partial charge on any atom is -0.481 e. The van der Waals surface area contributed by atoms with Crippen molar-refractivity contribution in [3.05, 3.63) is 64.0 Å². The number of benzene rings is 2. The van der Waals surface area contributed by atoms with Gasteiger partial charge < -0.3 is 88.3 Å². The highest BCUT2D eigenvalue weighted by Crippen LogP contribution is 2.37. The van der Waals surface area contributed by atoms with E-state index < -0.39 is 130 Å². The number of amides is 5. The Morgan fingerprint density at radius 1 is 0.860 bits per heavy atom. The predicted octanol–water partition coefficient (Wildman–Crippen LogP) is 4.98. The third kappa shape index (κ3) is 29.1. The van der Waals surface area contributed by atoms with Crippen LogP contribution >= 0.6 is 11.3 Å². The van der Waals surface area contributed by atoms with Gasteiger partial charge in [0.25, 0.3) is 11.8 Å². The molecular formula is C74H107N7O24S2. The molecule has 0 spiro atoms. The number of hydroxylamine groups is 2. The van der Waals surface area contributed by atoms with E-state index in [4.69, 9.17) is 52.8 Å². The molecule has 1 aromatic heterocycles. The molecule has 3 aliphatic rings. The fourth-order valence-corrected chi connectivity index (χ4v) is 13.4. The normalized spacial score (nSPS) is 20.5. The van der Waals surface area contributed by atoms with Crippen LogP contribution in [0.2, 0.25) is 0 Å². The molecule has 594 valence electrons. The van der Waals surface area contributed by atoms with Gasteiger partial charge in [-0.3, -0.25) is 43.3 Å². The van der Waals surface area contributed by atoms with Crippen LogP contribution in [0.1, 0.15) is 159 Å². The van der Waals surface area contributed by atoms with Crippen LogP contribution < -0.4 is 34.4 Å². The molecular weight excluding hydrogens is 1430 g/mol. The molecule has 107 heavy (non-hydrogen) atoms. The number of carbonyl (C=O) groups is 7. The monoisotopic (exact) mass is 1540 g/mol. The quantitative estimate of drug-likeness (QED) is 0.0118. The van der Waals surface area contributed by atoms with Crippen molar-refractivity contribution in [2.75, 3.05) is 91.5 Å². The minimum absolute atomic E-state index is 0.0154. The molecule has 3 heterocycles. The summed E-state index contributed by atoms with van der Waals surface area (Å²) >= 11 is 1.05. The van der Waals surface area contributed by atoms with Gasteiger partial charge in [0.15, 0.2) is 17.6 Å². The standard InChI is InChI=1S/C74H107N7O24S2/c1-10-12-20-33-100-81(71(91)63(48(5)11-2)69(90)79-61-23-18-19-32-80(61)9)55(47(3)4)42-58(101-49(6)83)70-78-60(46-106-70)77-68(89)52(43-74(7,8)73(92)93)40-50-24-27-54(28-25-50)104-107(94,95)105-57-41-51(26-29-56(57)102-72-66(87)65(86)64(85)59(44-82)103-72)67(88)76-31-35-97-37-39-98-38-36-96-34-30-75-62(84)45-99-53-21-16-14-13-15-17-22-53/h1,24-29,41,46-48,52-53,55,58-59,61,63-66,72,82,85-87H,11-16,18-21,23,30-40,42-45H2,2-9H3,(H,75,84)(H,76,88)(H,77,89)(H,79,90)(H,92,93)/t48-,52-,53?,55+,58+,59+,61+,63-,64-,65-,66+,72+/m0/s1. The third-order valence-electron chi connectivity index (χ3n) is 18.2. The third-order valence-corrected chi connectivity index (χ3v) is 19.9. The minimum atomic E-state index is -5.18. The molecule has 0 bridgehead atoms. The number of carboxylic acid groups (broad SMARTS) is 1. The van der Waals surface area contributed by atoms with Crippen LogP contribution in [-0.4, -0.2) is 226 Å². The molecule has 5 amide bonds. The van der Waals surface area contributed by atoms with Gasteiger partial charge in [0.05, 0.1) is 70.5 Å². The lowest BCUT2D eigenvalue weighted by molar-refractivity contribution is -0.277. The molecule has 31 nitrogen and oxygen atoms in total. The second kappa shape index (κ2) is 44.8. The zero-order chi connectivity index (χ0) is 78.2. The van der Waals surface area contributed by atoms with E-state index in [9.17, 15) is 67.5 Å². The molecule has 1 unspecified atom stereocenters. The predicted molar refractivity (Wildman–Crippen MR) is 390 cm³/mol. The summed E-state index contributed by atoms with van der Waals surface area (Å²) in [6.07, 6.45) is 3.45. The van der Waals surface area contributed by atoms with Gasteiger partial charge in [-0.15, -0.1) is 38.0 Å². The van der Waals surface area contributed by atoms with Crippen molar-refractivity contribution in [2.24, 2.45) is 29.1 Å². The van der Waals surface area contributed by atoms with Gasteiger partial charge in [0.2, 0.25) is 24.0 Å². The van der Waals surface area contributed by atoms with Gasteiger partial charge in [-0.2, -0.15) is 0 Å². The number of unbranched alkanes of at least 4 members (excludes halogenated alkanes) is 1. The molecule has 9 N–H and O–H groups in total. The average Bonchev–Trinajstić information content (AvgIpc) is 1.21. The number of rotatable bonds is 45. The van der Waals surface area contributed by atoms with E-state index >= 15 is 0 Å². The summed E-state index contributed by atoms with van der Waals surface area (Å²) in [6.45, 7) is 12.9. The molecule has 2 saturated heterocycles. The van der Waals surface area contributed by atoms with Crippen LogP contribution in [0.3, 0.4) is 0 Å². The number of hydrogen-bond acceptors (Lipinski definition) is 26. The van der Waals surface area contributed by atoms with Crippen LogP contribution in [-0.2, 0) is 78.8 Å². The molecule has 33 heteroatoms. The second-order valence-electron chi connectivity index (χ2n) is 27.5. The molecule has 2 aliphatic heterocycles. The Balaban J connectivity index is 1.09. The summed E-state index contributed by atoms with van der Waals surface area (Å²) in [6, 6.07) is 7.84. The number of aromatic nitrogens is 1. The first-order valence-corrected chi connectivity index (χ1v) is 38.5. The van der Waals surface area contributed by atoms with Crippen LogP contribution in [0.25, 0.3) is 0 Å². The number of likely N-dealkylation sites (tertiary alicyclic amines) is 1. The molecule has 1 aliphatic carbocycles. The summed E-state index contributed by atoms with van der Waals surface area (Å²) in [5.74, 6) is -0.185. The summed E-state index contributed by atoms with van der Waals surface area (Å²) in [4.78, 5) is 108. The molecule has 0 saturated carbocycles. The summed E-state index contributed by atoms with van der Waals surface area (Å²) < 4.78 is 77.7. The lowest BCUT2D eigenvalue weighted by Crippen LogP contribution is -2.60. The van der Waals surface area contributed by atoms with Crippen molar-refractivity contribution in [3.8, 4) is 41.4 Å². The first kappa shape index (κ1) is 88.3. The fraction of sp³-hybridized carbons (Fsp3) is 0.649. The number of nitrogens with one attached hydrogen (secondary N) is 4. The van der Waals surface area contributed by atoms with Gasteiger partial charge >= 0.3 is 22.3 Å². The number of anilines is 1. The number of thiazole rings is 1. The number of ether oxygens (including phenoxy) is 7. The highest BCUT2D eigenvalue weighted by atomic mass is 32.3. The van der Waals surface area contributed by atoms with E-state index in [0.717, 1.165) is 81.4 Å². The van der Waals surface area contributed by atoms with Gasteiger partial charge in [0, 0.05) is 56.1 Å². The average molecular weight is 1540 g/mol. The van der Waals surface area contributed by atoms with Crippen molar-refractivity contribution in [2.45, 2.75) is 193 Å². The Labute approximate surface area is 630 Å². The van der Waals surface area contributed by atoms with Crippen molar-refractivity contribution >= 4 is 69.0 Å². The number of aliphatic carboxylic acids is 1. The lowest BCUT2D eigenvalue weighted by Gasteiger charge is -2.39. The number of esters is 1. The van der Waals surface area contributed by atoms with Gasteiger partial charge in [0.1, 0.15) is 59.6 Å². The number of terminal acetylenes is 1. The van der Waals surface area contributed by atoms with E-state index in [0.29, 0.717) is 31.4 Å². The topological polar surface area (TPSA) is 415 Å². The summed E-state index contributed by atoms with van der Waals surface area (Å²) in [5.41, 5.74) is -1.20. The summed E-state index contributed by atoms with van der Waals surface area (Å²) in [7, 11) is -3.25. The number of nitrogens with zero attached hydrogens (tertiary/aromatic N) is 3. The van der Waals surface area contributed by atoms with Gasteiger partial charge in [-0.1, -0.05) is 58.6 Å². The molecule has 2 fully saturated rings. The number of aliphatic hydroxyl groups is 4. The SMILES string of the molecule is C#CCCCON(C(=O)[C@H](C(=O)N[C@H]1CCCCN1C)[C@@H](C)CC)[C@H](C[C@@H](OC(C)=O)c1nc(NC(=O)[C@@H](Cc2ccc(OS(=O)(=O)Oc3cc(C(=O)NCCOCCOCCOCCNC(=O)COC4C#CCCCCC4)ccc3O[C@@H]3O[C@H](CO)[C@H](O)[C@H](O)[C@H]3O)cc2)CC(C)(C)C(=O)O)cs1)C(C)C. The molecule has 6 rings (SSSR count). The van der Waals surface area contributed by atoms with E-state index in [1.807, 2.05) is 34.7 Å². The van der Waals surface area contributed by atoms with Crippen molar-refractivity contribution in [1.82, 2.24) is 30.9 Å². The molecule has 12 atom stereocenters. The first-order valence-electron chi connectivity index (χ1n) is 36.3. The molecule has 3 aromatic rings. The van der Waals surface area contributed by atoms with Crippen LogP contribution in [0, 0.1) is 53.3 Å². The Bertz CT molecular complexity index is 3560. The maximum atomic E-state index is 15.0. The Morgan fingerprint density at radius 3 is 2.21 bits per heavy atom. The van der Waals surface area contributed by atoms with Gasteiger partial charge in [-0.25, -0.2) is 10.0 Å². The first-order chi connectivity index (χ1) is 51.0. The highest BCUT2D eigenvalue weighted by Gasteiger charge is 2.46. The van der Waals surface area contributed by atoms with Crippen LogP contribution in [0.15, 0.2) is 47.8 Å². The van der Waals surface area contributed by atoms with Crippen molar-refractivity contribution in [1.29, 1.82) is 0 Å². The smallest absolute Gasteiger partial charge is 0.481 e. The number of aliphatic hydroxyl groups excluding tert-OH is 4. The van der Waals surface area contributed by atoms with E-state index in [-0.39, 0.29) is 125 Å². The summed E-state index contributed by atoms with van der Waals surface area (Å²) in [5, 5.41) is 66.0. The number of carbonyl (C=O) groups excluding carboxylic acids is 6. The maximum Gasteiger partial charge on any atom is 0.501 e. The second-order valence-corrected chi connectivity index (χ2v) is 29.6. The zero-order valence-electron chi connectivity index (χ0n) is 62.2. The van der Waals surface area contributed by atoms with Crippen molar-refractivity contribution in [3.63, 3.8) is 0 Å². The molecule has 2 aromatic carbocycles.